The molecule has 1 aromatic carbocycles. The average Bonchev–Trinajstić information content (AvgIpc) is 3.14. The van der Waals surface area contributed by atoms with Gasteiger partial charge >= 0.3 is 7.60 Å². The van der Waals surface area contributed by atoms with E-state index in [-0.39, 0.29) is 31.2 Å². The largest absolute Gasteiger partial charge is 0.338 e. The molecule has 0 aliphatic rings. The van der Waals surface area contributed by atoms with Gasteiger partial charge in [-0.3, -0.25) is 24.0 Å². The van der Waals surface area contributed by atoms with Gasteiger partial charge in [-0.15, -0.1) is 0 Å². The smallest absolute Gasteiger partial charge is 0.308 e. The van der Waals surface area contributed by atoms with Gasteiger partial charge in [0.2, 0.25) is 5.91 Å². The molecule has 0 radical (unpaired) electrons. The summed E-state index contributed by atoms with van der Waals surface area (Å²) < 4.78 is 25.5. The predicted octanol–water partition coefficient (Wildman–Crippen LogP) is 4.43. The van der Waals surface area contributed by atoms with Crippen LogP contribution in [0, 0.1) is 10.1 Å². The van der Waals surface area contributed by atoms with Gasteiger partial charge in [0.1, 0.15) is 0 Å². The zero-order chi connectivity index (χ0) is 19.2. The summed E-state index contributed by atoms with van der Waals surface area (Å²) in [6.07, 6.45) is 3.08. The minimum atomic E-state index is -3.65. The van der Waals surface area contributed by atoms with Gasteiger partial charge < -0.3 is 9.05 Å². The van der Waals surface area contributed by atoms with Gasteiger partial charge in [-0.2, -0.15) is 0 Å². The second-order valence-electron chi connectivity index (χ2n) is 5.43. The summed E-state index contributed by atoms with van der Waals surface area (Å²) in [6.45, 7) is 3.68. The molecular formula is C17H21N2O6P. The van der Waals surface area contributed by atoms with Crippen LogP contribution in [0.2, 0.25) is 0 Å². The molecule has 9 heteroatoms. The fourth-order valence-electron chi connectivity index (χ4n) is 2.58. The van der Waals surface area contributed by atoms with Crippen LogP contribution in [0.15, 0.2) is 48.8 Å². The van der Waals surface area contributed by atoms with E-state index in [2.05, 4.69) is 0 Å². The standard InChI is InChI=1S/C17H21N2O6P/c1-3-24-26(23,25-4-2)16(13-17(20)18-11-5-6-12-18)14-7-9-15(10-8-14)19(21)22/h5-12,16H,3-4,13H2,1-2H3/t16-/m0/s1. The maximum Gasteiger partial charge on any atom is 0.338 e. The van der Waals surface area contributed by atoms with Crippen molar-refractivity contribution in [2.75, 3.05) is 13.2 Å². The zero-order valence-electron chi connectivity index (χ0n) is 14.6. The molecule has 1 aromatic heterocycles. The number of rotatable bonds is 9. The summed E-state index contributed by atoms with van der Waals surface area (Å²) in [4.78, 5) is 22.9. The number of hydrogen-bond acceptors (Lipinski definition) is 6. The van der Waals surface area contributed by atoms with E-state index in [0.29, 0.717) is 5.56 Å². The Morgan fingerprint density at radius 3 is 2.15 bits per heavy atom. The van der Waals surface area contributed by atoms with Crippen molar-refractivity contribution in [3.8, 4) is 0 Å². The Balaban J connectivity index is 2.41. The van der Waals surface area contributed by atoms with Crippen molar-refractivity contribution in [1.82, 2.24) is 4.57 Å². The van der Waals surface area contributed by atoms with Gasteiger partial charge in [0.25, 0.3) is 5.69 Å². The number of nitro groups is 1. The summed E-state index contributed by atoms with van der Waals surface area (Å²) in [5, 5.41) is 10.9. The summed E-state index contributed by atoms with van der Waals surface area (Å²) >= 11 is 0. The Labute approximate surface area is 151 Å². The number of nitrogens with zero attached hydrogens (tertiary/aromatic N) is 2. The first-order chi connectivity index (χ1) is 12.4. The average molecular weight is 380 g/mol. The zero-order valence-corrected chi connectivity index (χ0v) is 15.5. The molecule has 0 saturated carbocycles. The maximum atomic E-state index is 13.3. The topological polar surface area (TPSA) is 101 Å². The third-order valence-corrected chi connectivity index (χ3v) is 6.23. The number of carbonyl (C=O) groups is 1. The van der Waals surface area contributed by atoms with Crippen LogP contribution in [0.5, 0.6) is 0 Å². The molecule has 2 rings (SSSR count). The van der Waals surface area contributed by atoms with Crippen LogP contribution in [-0.4, -0.2) is 28.6 Å². The Morgan fingerprint density at radius 1 is 1.15 bits per heavy atom. The second kappa shape index (κ2) is 8.89. The number of aromatic nitrogens is 1. The van der Waals surface area contributed by atoms with Crippen molar-refractivity contribution in [2.45, 2.75) is 25.9 Å². The molecule has 1 atom stereocenters. The van der Waals surface area contributed by atoms with Crippen LogP contribution in [0.4, 0.5) is 5.69 Å². The highest BCUT2D eigenvalue weighted by atomic mass is 31.2. The molecule has 0 aliphatic carbocycles. The van der Waals surface area contributed by atoms with Crippen molar-refractivity contribution in [3.05, 3.63) is 64.5 Å². The molecule has 140 valence electrons. The Bertz CT molecular complexity index is 778. The fraction of sp³-hybridized carbons (Fsp3) is 0.353. The van der Waals surface area contributed by atoms with Crippen LogP contribution in [-0.2, 0) is 13.6 Å². The third-order valence-electron chi connectivity index (χ3n) is 3.75. The minimum Gasteiger partial charge on any atom is -0.308 e. The Hall–Kier alpha value is -2.28. The summed E-state index contributed by atoms with van der Waals surface area (Å²) in [7, 11) is -3.65. The van der Waals surface area contributed by atoms with Gasteiger partial charge in [-0.25, -0.2) is 0 Å². The summed E-state index contributed by atoms with van der Waals surface area (Å²) in [5.41, 5.74) is -0.466. The number of non-ortho nitro benzene ring substituents is 1. The fourth-order valence-corrected chi connectivity index (χ4v) is 4.65. The SMILES string of the molecule is CCOP(=O)(OCC)[C@@H](CC(=O)n1cccc1)c1ccc([N+](=O)[O-])cc1. The van der Waals surface area contributed by atoms with Crippen molar-refractivity contribution in [2.24, 2.45) is 0 Å². The Morgan fingerprint density at radius 2 is 1.69 bits per heavy atom. The van der Waals surface area contributed by atoms with E-state index in [1.807, 2.05) is 0 Å². The first-order valence-electron chi connectivity index (χ1n) is 8.20. The molecular weight excluding hydrogens is 359 g/mol. The van der Waals surface area contributed by atoms with Gasteiger partial charge in [0.05, 0.1) is 23.8 Å². The van der Waals surface area contributed by atoms with Crippen molar-refractivity contribution >= 4 is 19.2 Å². The predicted molar refractivity (Wildman–Crippen MR) is 96.4 cm³/mol. The van der Waals surface area contributed by atoms with Crippen LogP contribution < -0.4 is 0 Å². The highest BCUT2D eigenvalue weighted by Crippen LogP contribution is 2.62. The molecule has 8 nitrogen and oxygen atoms in total. The molecule has 1 heterocycles. The van der Waals surface area contributed by atoms with Gasteiger partial charge in [0, 0.05) is 30.9 Å². The first kappa shape index (κ1) is 20.0. The molecule has 0 amide bonds. The lowest BCUT2D eigenvalue weighted by Crippen LogP contribution is -2.16. The van der Waals surface area contributed by atoms with E-state index >= 15 is 0 Å². The summed E-state index contributed by atoms with van der Waals surface area (Å²) in [6, 6.07) is 9.01. The summed E-state index contributed by atoms with van der Waals surface area (Å²) in [5.74, 6) is -0.280. The lowest BCUT2D eigenvalue weighted by atomic mass is 10.1. The molecule has 26 heavy (non-hydrogen) atoms. The Kier molecular flexibility index (Phi) is 6.85. The molecule has 0 saturated heterocycles. The molecule has 0 aliphatic heterocycles. The molecule has 0 N–H and O–H groups in total. The van der Waals surface area contributed by atoms with E-state index in [4.69, 9.17) is 9.05 Å². The molecule has 0 bridgehead atoms. The molecule has 0 spiro atoms. The number of benzene rings is 1. The second-order valence-corrected chi connectivity index (χ2v) is 7.65. The van der Waals surface area contributed by atoms with Gasteiger partial charge in [-0.1, -0.05) is 12.1 Å². The molecule has 0 fully saturated rings. The lowest BCUT2D eigenvalue weighted by Gasteiger charge is -2.26. The van der Waals surface area contributed by atoms with Crippen LogP contribution >= 0.6 is 7.60 Å². The number of hydrogen-bond donors (Lipinski definition) is 0. The van der Waals surface area contributed by atoms with Crippen molar-refractivity contribution in [1.29, 1.82) is 0 Å². The monoisotopic (exact) mass is 380 g/mol. The van der Waals surface area contributed by atoms with E-state index in [9.17, 15) is 19.5 Å². The maximum absolute atomic E-state index is 13.3. The highest BCUT2D eigenvalue weighted by Gasteiger charge is 2.38. The van der Waals surface area contributed by atoms with Gasteiger partial charge in [0.15, 0.2) is 0 Å². The molecule has 0 unspecified atom stereocenters. The third kappa shape index (κ3) is 4.66. The molecule has 2 aromatic rings. The van der Waals surface area contributed by atoms with Gasteiger partial charge in [-0.05, 0) is 31.5 Å². The first-order valence-corrected chi connectivity index (χ1v) is 9.81. The van der Waals surface area contributed by atoms with E-state index in [1.54, 1.807) is 38.4 Å². The quantitative estimate of drug-likeness (QED) is 0.362. The minimum absolute atomic E-state index is 0.0908. The number of carbonyl (C=O) groups excluding carboxylic acids is 1. The highest BCUT2D eigenvalue weighted by molar-refractivity contribution is 7.54. The van der Waals surface area contributed by atoms with Crippen LogP contribution in [0.3, 0.4) is 0 Å². The normalized spacial score (nSPS) is 12.7. The van der Waals surface area contributed by atoms with E-state index in [1.165, 1.54) is 28.8 Å². The van der Waals surface area contributed by atoms with E-state index in [0.717, 1.165) is 0 Å². The van der Waals surface area contributed by atoms with Crippen molar-refractivity contribution < 1.29 is 23.3 Å². The lowest BCUT2D eigenvalue weighted by molar-refractivity contribution is -0.384. The van der Waals surface area contributed by atoms with Crippen molar-refractivity contribution in [3.63, 3.8) is 0 Å². The number of nitro benzene ring substituents is 1. The van der Waals surface area contributed by atoms with E-state index < -0.39 is 18.2 Å². The van der Waals surface area contributed by atoms with Crippen LogP contribution in [0.25, 0.3) is 0 Å². The van der Waals surface area contributed by atoms with Crippen LogP contribution in [0.1, 0.15) is 36.3 Å².